The Morgan fingerprint density at radius 1 is 0.971 bits per heavy atom. The summed E-state index contributed by atoms with van der Waals surface area (Å²) in [6.07, 6.45) is 3.06. The summed E-state index contributed by atoms with van der Waals surface area (Å²) in [7, 11) is 0. The molecule has 0 aliphatic carbocycles. The van der Waals surface area contributed by atoms with Gasteiger partial charge in [0.2, 0.25) is 0 Å². The largest absolute Gasteiger partial charge is 0.479 e. The van der Waals surface area contributed by atoms with Gasteiger partial charge in [-0.1, -0.05) is 60.1 Å². The van der Waals surface area contributed by atoms with Crippen LogP contribution < -0.4 is 5.32 Å². The second-order valence-corrected chi connectivity index (χ2v) is 8.52. The molecule has 2 atom stereocenters. The van der Waals surface area contributed by atoms with Crippen molar-refractivity contribution in [1.29, 1.82) is 0 Å². The van der Waals surface area contributed by atoms with Crippen molar-refractivity contribution < 1.29 is 23.9 Å². The van der Waals surface area contributed by atoms with Crippen molar-refractivity contribution >= 4 is 35.1 Å². The summed E-state index contributed by atoms with van der Waals surface area (Å²) < 4.78 is 5.16. The average molecular weight is 487 g/mol. The van der Waals surface area contributed by atoms with Gasteiger partial charge in [-0.3, -0.25) is 9.59 Å². The lowest BCUT2D eigenvalue weighted by Crippen LogP contribution is -2.44. The highest BCUT2D eigenvalue weighted by Gasteiger charge is 2.43. The summed E-state index contributed by atoms with van der Waals surface area (Å²) in [6.45, 7) is 0. The standard InChI is InChI=1S/C27H19ClN2O5/c28-20-9-6-17(7-10-20)23-25(31)29-22-11-8-18(19-12-13-35-15-19)14-21(22)26(32)30(23)24(27(33)34)16-4-2-1-3-5-16/h1-15,23-24H,(H,29,31)(H,33,34). The number of halogens is 1. The molecular weight excluding hydrogens is 468 g/mol. The number of carboxylic acid groups (broad SMARTS) is 1. The van der Waals surface area contributed by atoms with Crippen LogP contribution in [0.25, 0.3) is 11.1 Å². The normalized spacial score (nSPS) is 16.3. The third kappa shape index (κ3) is 4.18. The number of fused-ring (bicyclic) bond motifs is 1. The van der Waals surface area contributed by atoms with E-state index in [0.29, 0.717) is 27.4 Å². The van der Waals surface area contributed by atoms with Crippen LogP contribution in [0.4, 0.5) is 5.69 Å². The number of furan rings is 1. The molecule has 2 N–H and O–H groups in total. The number of amides is 2. The molecule has 1 aliphatic rings. The van der Waals surface area contributed by atoms with Crippen molar-refractivity contribution in [2.24, 2.45) is 0 Å². The molecule has 2 heterocycles. The lowest BCUT2D eigenvalue weighted by molar-refractivity contribution is -0.144. The molecular formula is C27H19ClN2O5. The lowest BCUT2D eigenvalue weighted by Gasteiger charge is -2.34. The summed E-state index contributed by atoms with van der Waals surface area (Å²) in [5.74, 6) is -2.39. The van der Waals surface area contributed by atoms with Crippen molar-refractivity contribution in [3.63, 3.8) is 0 Å². The maximum atomic E-state index is 14.1. The second kappa shape index (κ2) is 9.12. The number of carbonyl (C=O) groups is 3. The van der Waals surface area contributed by atoms with Crippen LogP contribution in [-0.2, 0) is 9.59 Å². The number of hydrogen-bond donors (Lipinski definition) is 2. The highest BCUT2D eigenvalue weighted by atomic mass is 35.5. The van der Waals surface area contributed by atoms with Crippen molar-refractivity contribution in [3.8, 4) is 11.1 Å². The van der Waals surface area contributed by atoms with E-state index in [0.717, 1.165) is 10.5 Å². The number of carbonyl (C=O) groups excluding carboxylic acids is 2. The van der Waals surface area contributed by atoms with Crippen LogP contribution in [0.1, 0.15) is 33.6 Å². The van der Waals surface area contributed by atoms with Gasteiger partial charge < -0.3 is 19.7 Å². The summed E-state index contributed by atoms with van der Waals surface area (Å²) in [5.41, 5.74) is 2.72. The molecule has 0 saturated heterocycles. The predicted molar refractivity (Wildman–Crippen MR) is 130 cm³/mol. The molecule has 0 fully saturated rings. The number of benzene rings is 3. The fourth-order valence-electron chi connectivity index (χ4n) is 4.30. The highest BCUT2D eigenvalue weighted by molar-refractivity contribution is 6.30. The van der Waals surface area contributed by atoms with E-state index >= 15 is 0 Å². The van der Waals surface area contributed by atoms with E-state index in [2.05, 4.69) is 5.32 Å². The Morgan fingerprint density at radius 3 is 2.37 bits per heavy atom. The van der Waals surface area contributed by atoms with E-state index in [1.165, 1.54) is 6.26 Å². The molecule has 2 unspecified atom stereocenters. The Morgan fingerprint density at radius 2 is 1.71 bits per heavy atom. The summed E-state index contributed by atoms with van der Waals surface area (Å²) in [5, 5.41) is 13.5. The van der Waals surface area contributed by atoms with Gasteiger partial charge in [0.15, 0.2) is 6.04 Å². The van der Waals surface area contributed by atoms with Crippen LogP contribution >= 0.6 is 11.6 Å². The zero-order valence-corrected chi connectivity index (χ0v) is 19.0. The first-order valence-corrected chi connectivity index (χ1v) is 11.1. The quantitative estimate of drug-likeness (QED) is 0.384. The van der Waals surface area contributed by atoms with Crippen LogP contribution in [0.15, 0.2) is 95.8 Å². The highest BCUT2D eigenvalue weighted by Crippen LogP contribution is 2.39. The van der Waals surface area contributed by atoms with Crippen molar-refractivity contribution in [1.82, 2.24) is 4.90 Å². The van der Waals surface area contributed by atoms with E-state index in [4.69, 9.17) is 16.0 Å². The van der Waals surface area contributed by atoms with Crippen molar-refractivity contribution in [3.05, 3.63) is 113 Å². The van der Waals surface area contributed by atoms with Crippen LogP contribution in [0.3, 0.4) is 0 Å². The van der Waals surface area contributed by atoms with Gasteiger partial charge in [0.1, 0.15) is 6.04 Å². The maximum Gasteiger partial charge on any atom is 0.331 e. The molecule has 4 aromatic rings. The first kappa shape index (κ1) is 22.4. The number of rotatable bonds is 5. The van der Waals surface area contributed by atoms with Gasteiger partial charge in [0.05, 0.1) is 23.8 Å². The summed E-state index contributed by atoms with van der Waals surface area (Å²) in [4.78, 5) is 41.4. The van der Waals surface area contributed by atoms with Crippen LogP contribution in [0.2, 0.25) is 5.02 Å². The minimum absolute atomic E-state index is 0.177. The van der Waals surface area contributed by atoms with E-state index in [-0.39, 0.29) is 5.56 Å². The third-order valence-electron chi connectivity index (χ3n) is 5.94. The fourth-order valence-corrected chi connectivity index (χ4v) is 4.43. The molecule has 0 bridgehead atoms. The van der Waals surface area contributed by atoms with Crippen LogP contribution in [-0.4, -0.2) is 27.8 Å². The number of nitrogens with zero attached hydrogens (tertiary/aromatic N) is 1. The molecule has 0 spiro atoms. The number of nitrogens with one attached hydrogen (secondary N) is 1. The Bertz CT molecular complexity index is 1400. The molecule has 35 heavy (non-hydrogen) atoms. The average Bonchev–Trinajstić information content (AvgIpc) is 3.37. The number of hydrogen-bond acceptors (Lipinski definition) is 4. The van der Waals surface area contributed by atoms with Gasteiger partial charge in [-0.25, -0.2) is 4.79 Å². The first-order chi connectivity index (χ1) is 16.9. The second-order valence-electron chi connectivity index (χ2n) is 8.08. The van der Waals surface area contributed by atoms with Crippen LogP contribution in [0.5, 0.6) is 0 Å². The Labute approximate surface area is 205 Å². The zero-order chi connectivity index (χ0) is 24.5. The Balaban J connectivity index is 1.72. The minimum atomic E-state index is -1.42. The summed E-state index contributed by atoms with van der Waals surface area (Å²) in [6, 6.07) is 18.9. The third-order valence-corrected chi connectivity index (χ3v) is 6.19. The SMILES string of the molecule is O=C(O)C(c1ccccc1)N1C(=O)c2cc(-c3ccoc3)ccc2NC(=O)C1c1ccc(Cl)cc1. The molecule has 0 radical (unpaired) electrons. The number of aliphatic carboxylic acids is 1. The molecule has 174 valence electrons. The molecule has 0 saturated carbocycles. The Hall–Kier alpha value is -4.36. The lowest BCUT2D eigenvalue weighted by atomic mass is 9.97. The monoisotopic (exact) mass is 486 g/mol. The number of anilines is 1. The van der Waals surface area contributed by atoms with Crippen molar-refractivity contribution in [2.75, 3.05) is 5.32 Å². The molecule has 1 aromatic heterocycles. The molecule has 5 rings (SSSR count). The van der Waals surface area contributed by atoms with Gasteiger partial charge in [0, 0.05) is 10.6 Å². The number of carboxylic acids is 1. The van der Waals surface area contributed by atoms with Crippen molar-refractivity contribution in [2.45, 2.75) is 12.1 Å². The molecule has 2 amide bonds. The molecule has 3 aromatic carbocycles. The van der Waals surface area contributed by atoms with E-state index in [9.17, 15) is 19.5 Å². The van der Waals surface area contributed by atoms with E-state index in [1.54, 1.807) is 85.1 Å². The van der Waals surface area contributed by atoms with Crippen LogP contribution in [0, 0.1) is 0 Å². The first-order valence-electron chi connectivity index (χ1n) is 10.8. The minimum Gasteiger partial charge on any atom is -0.479 e. The Kier molecular flexibility index (Phi) is 5.84. The van der Waals surface area contributed by atoms with Gasteiger partial charge in [-0.15, -0.1) is 0 Å². The van der Waals surface area contributed by atoms with E-state index < -0.39 is 29.9 Å². The van der Waals surface area contributed by atoms with E-state index in [1.807, 2.05) is 0 Å². The van der Waals surface area contributed by atoms with Gasteiger partial charge in [-0.05, 0) is 47.0 Å². The summed E-state index contributed by atoms with van der Waals surface area (Å²) >= 11 is 6.05. The fraction of sp³-hybridized carbons (Fsp3) is 0.0741. The van der Waals surface area contributed by atoms with Gasteiger partial charge >= 0.3 is 5.97 Å². The smallest absolute Gasteiger partial charge is 0.331 e. The van der Waals surface area contributed by atoms with Gasteiger partial charge in [-0.2, -0.15) is 0 Å². The topological polar surface area (TPSA) is 99.8 Å². The maximum absolute atomic E-state index is 14.1. The zero-order valence-electron chi connectivity index (χ0n) is 18.2. The van der Waals surface area contributed by atoms with Gasteiger partial charge in [0.25, 0.3) is 11.8 Å². The molecule has 8 heteroatoms. The molecule has 7 nitrogen and oxygen atoms in total. The predicted octanol–water partition coefficient (Wildman–Crippen LogP) is 5.56. The molecule has 1 aliphatic heterocycles.